The number of nitrogens with zero attached hydrogens (tertiary/aromatic N) is 1. The molecule has 2 nitrogen and oxygen atoms in total. The maximum Gasteiger partial charge on any atom is 0.0304 e. The molecule has 0 bridgehead atoms. The molecule has 1 heterocycles. The van der Waals surface area contributed by atoms with Gasteiger partial charge in [0.1, 0.15) is 0 Å². The monoisotopic (exact) mass is 226 g/mol. The molecule has 0 aromatic rings. The summed E-state index contributed by atoms with van der Waals surface area (Å²) in [5, 5.41) is 3.73. The van der Waals surface area contributed by atoms with Crippen molar-refractivity contribution in [3.63, 3.8) is 0 Å². The first-order valence-corrected chi connectivity index (χ1v) is 7.17. The van der Waals surface area contributed by atoms with Crippen LogP contribution in [-0.4, -0.2) is 36.6 Å². The number of rotatable bonds is 6. The van der Waals surface area contributed by atoms with Gasteiger partial charge in [0, 0.05) is 31.7 Å². The molecule has 0 amide bonds. The van der Waals surface area contributed by atoms with E-state index in [2.05, 4.69) is 37.9 Å². The highest BCUT2D eigenvalue weighted by Crippen LogP contribution is 2.21. The minimum absolute atomic E-state index is 0.393. The van der Waals surface area contributed by atoms with Gasteiger partial charge in [0.15, 0.2) is 0 Å². The van der Waals surface area contributed by atoms with E-state index in [1.807, 2.05) is 0 Å². The van der Waals surface area contributed by atoms with Crippen molar-refractivity contribution in [3.8, 4) is 0 Å². The standard InChI is InChI=1S/C14H30N2/c1-5-13(6-2)11-16-10-9-15-14(7-3,8-4)12-16/h13,15H,5-12H2,1-4H3. The third-order valence-corrected chi connectivity index (χ3v) is 4.48. The van der Waals surface area contributed by atoms with Crippen molar-refractivity contribution in [2.45, 2.75) is 58.9 Å². The van der Waals surface area contributed by atoms with E-state index in [0.717, 1.165) is 5.92 Å². The van der Waals surface area contributed by atoms with Crippen LogP contribution in [0.3, 0.4) is 0 Å². The zero-order chi connectivity index (χ0) is 12.0. The summed E-state index contributed by atoms with van der Waals surface area (Å²) in [5.74, 6) is 0.893. The zero-order valence-electron chi connectivity index (χ0n) is 11.7. The summed E-state index contributed by atoms with van der Waals surface area (Å²) in [6.07, 6.45) is 5.16. The highest BCUT2D eigenvalue weighted by Gasteiger charge is 2.31. The summed E-state index contributed by atoms with van der Waals surface area (Å²) in [5.41, 5.74) is 0.393. The lowest BCUT2D eigenvalue weighted by molar-refractivity contribution is 0.107. The van der Waals surface area contributed by atoms with Gasteiger partial charge in [0.2, 0.25) is 0 Å². The summed E-state index contributed by atoms with van der Waals surface area (Å²) < 4.78 is 0. The molecular weight excluding hydrogens is 196 g/mol. The van der Waals surface area contributed by atoms with Gasteiger partial charge in [-0.15, -0.1) is 0 Å². The molecule has 0 aliphatic carbocycles. The third-order valence-electron chi connectivity index (χ3n) is 4.48. The Morgan fingerprint density at radius 2 is 1.75 bits per heavy atom. The molecule has 0 atom stereocenters. The predicted molar refractivity (Wildman–Crippen MR) is 71.8 cm³/mol. The van der Waals surface area contributed by atoms with E-state index in [9.17, 15) is 0 Å². The number of nitrogens with one attached hydrogen (secondary N) is 1. The highest BCUT2D eigenvalue weighted by atomic mass is 15.2. The molecule has 0 radical (unpaired) electrons. The van der Waals surface area contributed by atoms with Crippen molar-refractivity contribution in [3.05, 3.63) is 0 Å². The minimum Gasteiger partial charge on any atom is -0.309 e. The molecule has 0 unspecified atom stereocenters. The number of hydrogen-bond donors (Lipinski definition) is 1. The van der Waals surface area contributed by atoms with E-state index in [1.165, 1.54) is 51.9 Å². The molecule has 0 spiro atoms. The largest absolute Gasteiger partial charge is 0.309 e. The molecule has 1 N–H and O–H groups in total. The average molecular weight is 226 g/mol. The van der Waals surface area contributed by atoms with Crippen molar-refractivity contribution in [2.24, 2.45) is 5.92 Å². The zero-order valence-corrected chi connectivity index (χ0v) is 11.7. The SMILES string of the molecule is CCC(CC)CN1CCNC(CC)(CC)C1. The van der Waals surface area contributed by atoms with Gasteiger partial charge in [0.05, 0.1) is 0 Å². The van der Waals surface area contributed by atoms with Crippen LogP contribution < -0.4 is 5.32 Å². The van der Waals surface area contributed by atoms with Crippen molar-refractivity contribution in [1.82, 2.24) is 10.2 Å². The fourth-order valence-corrected chi connectivity index (χ4v) is 2.83. The van der Waals surface area contributed by atoms with Crippen molar-refractivity contribution < 1.29 is 0 Å². The first-order valence-electron chi connectivity index (χ1n) is 7.17. The number of piperazine rings is 1. The smallest absolute Gasteiger partial charge is 0.0304 e. The van der Waals surface area contributed by atoms with Crippen molar-refractivity contribution in [1.29, 1.82) is 0 Å². The lowest BCUT2D eigenvalue weighted by Crippen LogP contribution is -2.60. The van der Waals surface area contributed by atoms with Gasteiger partial charge in [-0.05, 0) is 18.8 Å². The molecule has 2 heteroatoms. The molecule has 1 rings (SSSR count). The van der Waals surface area contributed by atoms with Crippen LogP contribution in [0.5, 0.6) is 0 Å². The maximum absolute atomic E-state index is 3.73. The Morgan fingerprint density at radius 3 is 2.25 bits per heavy atom. The lowest BCUT2D eigenvalue weighted by atomic mass is 9.89. The molecule has 0 aromatic carbocycles. The Morgan fingerprint density at radius 1 is 1.12 bits per heavy atom. The summed E-state index contributed by atoms with van der Waals surface area (Å²) in [7, 11) is 0. The van der Waals surface area contributed by atoms with Gasteiger partial charge in [0.25, 0.3) is 0 Å². The van der Waals surface area contributed by atoms with E-state index < -0.39 is 0 Å². The van der Waals surface area contributed by atoms with E-state index in [1.54, 1.807) is 0 Å². The normalized spacial score (nSPS) is 21.6. The second-order valence-electron chi connectivity index (χ2n) is 5.33. The van der Waals surface area contributed by atoms with Crippen LogP contribution in [0.15, 0.2) is 0 Å². The lowest BCUT2D eigenvalue weighted by Gasteiger charge is -2.44. The van der Waals surface area contributed by atoms with Gasteiger partial charge in [-0.25, -0.2) is 0 Å². The molecule has 1 fully saturated rings. The molecule has 16 heavy (non-hydrogen) atoms. The Kier molecular flexibility index (Phi) is 5.77. The molecule has 1 saturated heterocycles. The molecule has 0 aromatic heterocycles. The fraction of sp³-hybridized carbons (Fsp3) is 1.00. The Balaban J connectivity index is 2.49. The van der Waals surface area contributed by atoms with Crippen LogP contribution in [-0.2, 0) is 0 Å². The predicted octanol–water partition coefficient (Wildman–Crippen LogP) is 2.89. The molecule has 96 valence electrons. The second-order valence-corrected chi connectivity index (χ2v) is 5.33. The van der Waals surface area contributed by atoms with Crippen LogP contribution in [0, 0.1) is 5.92 Å². The van der Waals surface area contributed by atoms with Gasteiger partial charge in [-0.2, -0.15) is 0 Å². The molecule has 0 saturated carbocycles. The molecule has 1 aliphatic heterocycles. The maximum atomic E-state index is 3.73. The van der Waals surface area contributed by atoms with E-state index in [-0.39, 0.29) is 0 Å². The molecular formula is C14H30N2. The summed E-state index contributed by atoms with van der Waals surface area (Å²) >= 11 is 0. The first-order chi connectivity index (χ1) is 7.69. The summed E-state index contributed by atoms with van der Waals surface area (Å²) in [6, 6.07) is 0. The minimum atomic E-state index is 0.393. The van der Waals surface area contributed by atoms with Gasteiger partial charge >= 0.3 is 0 Å². The van der Waals surface area contributed by atoms with E-state index in [4.69, 9.17) is 0 Å². The van der Waals surface area contributed by atoms with E-state index >= 15 is 0 Å². The van der Waals surface area contributed by atoms with E-state index in [0.29, 0.717) is 5.54 Å². The van der Waals surface area contributed by atoms with Gasteiger partial charge < -0.3 is 5.32 Å². The first kappa shape index (κ1) is 14.0. The van der Waals surface area contributed by atoms with Crippen LogP contribution in [0.2, 0.25) is 0 Å². The Labute approximate surface area is 102 Å². The van der Waals surface area contributed by atoms with Crippen LogP contribution in [0.4, 0.5) is 0 Å². The van der Waals surface area contributed by atoms with Crippen LogP contribution in [0.25, 0.3) is 0 Å². The van der Waals surface area contributed by atoms with Gasteiger partial charge in [-0.3, -0.25) is 4.90 Å². The van der Waals surface area contributed by atoms with Crippen LogP contribution in [0.1, 0.15) is 53.4 Å². The third kappa shape index (κ3) is 3.46. The average Bonchev–Trinajstić information content (AvgIpc) is 2.36. The molecule has 1 aliphatic rings. The quantitative estimate of drug-likeness (QED) is 0.749. The summed E-state index contributed by atoms with van der Waals surface area (Å²) in [6.45, 7) is 14.2. The van der Waals surface area contributed by atoms with Crippen molar-refractivity contribution in [2.75, 3.05) is 26.2 Å². The Hall–Kier alpha value is -0.0800. The Bertz CT molecular complexity index is 183. The fourth-order valence-electron chi connectivity index (χ4n) is 2.83. The van der Waals surface area contributed by atoms with Crippen LogP contribution >= 0.6 is 0 Å². The topological polar surface area (TPSA) is 15.3 Å². The van der Waals surface area contributed by atoms with Gasteiger partial charge in [-0.1, -0.05) is 40.5 Å². The number of hydrogen-bond acceptors (Lipinski definition) is 2. The summed E-state index contributed by atoms with van der Waals surface area (Å²) in [4.78, 5) is 2.68. The highest BCUT2D eigenvalue weighted by molar-refractivity contribution is 4.92. The van der Waals surface area contributed by atoms with Crippen molar-refractivity contribution >= 4 is 0 Å². The second kappa shape index (κ2) is 6.61.